The van der Waals surface area contributed by atoms with Crippen LogP contribution in [-0.2, 0) is 6.54 Å². The first-order valence-corrected chi connectivity index (χ1v) is 4.22. The number of aromatic nitrogens is 3. The van der Waals surface area contributed by atoms with Crippen LogP contribution in [0, 0.1) is 11.3 Å². The van der Waals surface area contributed by atoms with E-state index in [2.05, 4.69) is 10.1 Å². The molecular weight excluding hydrogens is 176 g/mol. The van der Waals surface area contributed by atoms with Gasteiger partial charge in [0.15, 0.2) is 0 Å². The number of nitrogens with zero attached hydrogens (tertiary/aromatic N) is 4. The minimum absolute atomic E-state index is 0.439. The van der Waals surface area contributed by atoms with Crippen molar-refractivity contribution in [2.45, 2.75) is 6.54 Å². The van der Waals surface area contributed by atoms with Gasteiger partial charge in [-0.1, -0.05) is 6.07 Å². The number of rotatable bonds is 2. The molecule has 0 radical (unpaired) electrons. The van der Waals surface area contributed by atoms with Crippen LogP contribution in [0.4, 0.5) is 0 Å². The molecule has 0 amide bonds. The van der Waals surface area contributed by atoms with E-state index >= 15 is 0 Å². The highest BCUT2D eigenvalue weighted by atomic mass is 15.3. The number of hydrogen-bond acceptors (Lipinski definition) is 3. The third kappa shape index (κ3) is 1.77. The second-order valence-electron chi connectivity index (χ2n) is 2.83. The van der Waals surface area contributed by atoms with Gasteiger partial charge in [-0.15, -0.1) is 0 Å². The molecule has 0 unspecified atom stereocenters. The molecule has 0 aliphatic carbocycles. The van der Waals surface area contributed by atoms with Gasteiger partial charge in [0.2, 0.25) is 0 Å². The monoisotopic (exact) mass is 184 g/mol. The predicted octanol–water partition coefficient (Wildman–Crippen LogP) is 1.20. The highest BCUT2D eigenvalue weighted by Gasteiger charge is 1.97. The fourth-order valence-corrected chi connectivity index (χ4v) is 1.19. The second-order valence-corrected chi connectivity index (χ2v) is 2.83. The molecular formula is C10H8N4. The third-order valence-electron chi connectivity index (χ3n) is 1.80. The highest BCUT2D eigenvalue weighted by molar-refractivity contribution is 5.22. The molecule has 14 heavy (non-hydrogen) atoms. The Morgan fingerprint density at radius 3 is 3.00 bits per heavy atom. The van der Waals surface area contributed by atoms with Crippen LogP contribution < -0.4 is 0 Å². The first-order chi connectivity index (χ1) is 6.88. The Hall–Kier alpha value is -2.15. The Morgan fingerprint density at radius 1 is 1.36 bits per heavy atom. The molecule has 0 aliphatic rings. The van der Waals surface area contributed by atoms with Gasteiger partial charge in [0.25, 0.3) is 0 Å². The summed E-state index contributed by atoms with van der Waals surface area (Å²) in [5, 5.41) is 12.7. The molecule has 2 rings (SSSR count). The summed E-state index contributed by atoms with van der Waals surface area (Å²) in [7, 11) is 0. The van der Waals surface area contributed by atoms with Crippen molar-refractivity contribution in [1.29, 1.82) is 5.26 Å². The predicted molar refractivity (Wildman–Crippen MR) is 50.3 cm³/mol. The van der Waals surface area contributed by atoms with Gasteiger partial charge < -0.3 is 0 Å². The summed E-state index contributed by atoms with van der Waals surface area (Å²) in [6.07, 6.45) is 3.58. The van der Waals surface area contributed by atoms with E-state index < -0.39 is 0 Å². The lowest BCUT2D eigenvalue weighted by molar-refractivity contribution is 0.672. The van der Waals surface area contributed by atoms with E-state index in [1.165, 1.54) is 0 Å². The molecule has 0 aliphatic heterocycles. The minimum atomic E-state index is 0.439. The number of pyridine rings is 1. The zero-order valence-corrected chi connectivity index (χ0v) is 7.46. The fourth-order valence-electron chi connectivity index (χ4n) is 1.19. The molecule has 68 valence electrons. The average molecular weight is 184 g/mol. The maximum absolute atomic E-state index is 8.65. The standard InChI is InChI=1S/C10H8N4/c11-7-9-3-1-4-10(13-9)8-14-6-2-5-12-14/h1-6H,8H2. The van der Waals surface area contributed by atoms with Crippen LogP contribution in [0.3, 0.4) is 0 Å². The zero-order valence-electron chi connectivity index (χ0n) is 7.46. The molecule has 0 aromatic carbocycles. The van der Waals surface area contributed by atoms with Crippen LogP contribution in [0.1, 0.15) is 11.4 Å². The molecule has 0 saturated heterocycles. The van der Waals surface area contributed by atoms with Gasteiger partial charge in [-0.05, 0) is 18.2 Å². The molecule has 2 aromatic heterocycles. The fraction of sp³-hybridized carbons (Fsp3) is 0.100. The summed E-state index contributed by atoms with van der Waals surface area (Å²) < 4.78 is 1.77. The Morgan fingerprint density at radius 2 is 2.29 bits per heavy atom. The van der Waals surface area contributed by atoms with Crippen molar-refractivity contribution in [2.75, 3.05) is 0 Å². The number of hydrogen-bond donors (Lipinski definition) is 0. The molecule has 0 saturated carbocycles. The molecule has 4 nitrogen and oxygen atoms in total. The number of nitriles is 1. The van der Waals surface area contributed by atoms with Gasteiger partial charge >= 0.3 is 0 Å². The zero-order chi connectivity index (χ0) is 9.80. The van der Waals surface area contributed by atoms with Gasteiger partial charge in [0.05, 0.1) is 12.2 Å². The topological polar surface area (TPSA) is 54.5 Å². The van der Waals surface area contributed by atoms with E-state index in [9.17, 15) is 0 Å². The SMILES string of the molecule is N#Cc1cccc(Cn2cccn2)n1. The van der Waals surface area contributed by atoms with Crippen molar-refractivity contribution in [1.82, 2.24) is 14.8 Å². The van der Waals surface area contributed by atoms with Gasteiger partial charge in [0.1, 0.15) is 11.8 Å². The first-order valence-electron chi connectivity index (χ1n) is 4.22. The molecule has 0 spiro atoms. The van der Waals surface area contributed by atoms with Crippen LogP contribution in [-0.4, -0.2) is 14.8 Å². The van der Waals surface area contributed by atoms with E-state index in [0.29, 0.717) is 12.2 Å². The summed E-state index contributed by atoms with van der Waals surface area (Å²) in [5.41, 5.74) is 1.28. The quantitative estimate of drug-likeness (QED) is 0.704. The third-order valence-corrected chi connectivity index (χ3v) is 1.80. The van der Waals surface area contributed by atoms with Crippen molar-refractivity contribution in [3.63, 3.8) is 0 Å². The maximum Gasteiger partial charge on any atom is 0.140 e. The largest absolute Gasteiger partial charge is 0.267 e. The van der Waals surface area contributed by atoms with Crippen LogP contribution in [0.5, 0.6) is 0 Å². The Bertz CT molecular complexity index is 453. The average Bonchev–Trinajstić information content (AvgIpc) is 2.71. The van der Waals surface area contributed by atoms with Crippen molar-refractivity contribution in [2.24, 2.45) is 0 Å². The van der Waals surface area contributed by atoms with Gasteiger partial charge in [-0.25, -0.2) is 4.98 Å². The minimum Gasteiger partial charge on any atom is -0.267 e. The Kier molecular flexibility index (Phi) is 2.24. The molecule has 2 heterocycles. The molecule has 0 bridgehead atoms. The molecule has 0 atom stereocenters. The second kappa shape index (κ2) is 3.71. The van der Waals surface area contributed by atoms with Crippen LogP contribution in [0.15, 0.2) is 36.7 Å². The van der Waals surface area contributed by atoms with Crippen LogP contribution in [0.2, 0.25) is 0 Å². The molecule has 0 N–H and O–H groups in total. The summed E-state index contributed by atoms with van der Waals surface area (Å²) in [6.45, 7) is 0.600. The van der Waals surface area contributed by atoms with Gasteiger partial charge in [0, 0.05) is 12.4 Å². The smallest absolute Gasteiger partial charge is 0.140 e. The molecule has 0 fully saturated rings. The lowest BCUT2D eigenvalue weighted by atomic mass is 10.3. The van der Waals surface area contributed by atoms with Crippen molar-refractivity contribution in [3.05, 3.63) is 48.0 Å². The van der Waals surface area contributed by atoms with Crippen molar-refractivity contribution < 1.29 is 0 Å². The first kappa shape index (κ1) is 8.45. The van der Waals surface area contributed by atoms with E-state index in [4.69, 9.17) is 5.26 Å². The van der Waals surface area contributed by atoms with E-state index in [0.717, 1.165) is 5.69 Å². The molecule has 4 heteroatoms. The van der Waals surface area contributed by atoms with Gasteiger partial charge in [-0.2, -0.15) is 10.4 Å². The van der Waals surface area contributed by atoms with Gasteiger partial charge in [-0.3, -0.25) is 4.68 Å². The Balaban J connectivity index is 2.22. The van der Waals surface area contributed by atoms with Crippen LogP contribution >= 0.6 is 0 Å². The van der Waals surface area contributed by atoms with E-state index in [1.807, 2.05) is 30.5 Å². The lowest BCUT2D eigenvalue weighted by Crippen LogP contribution is -2.02. The molecule has 2 aromatic rings. The Labute approximate surface area is 81.4 Å². The summed E-state index contributed by atoms with van der Waals surface area (Å²) in [4.78, 5) is 4.14. The van der Waals surface area contributed by atoms with Crippen molar-refractivity contribution in [3.8, 4) is 6.07 Å². The van der Waals surface area contributed by atoms with Crippen molar-refractivity contribution >= 4 is 0 Å². The summed E-state index contributed by atoms with van der Waals surface area (Å²) >= 11 is 0. The van der Waals surface area contributed by atoms with Crippen LogP contribution in [0.25, 0.3) is 0 Å². The normalized spacial score (nSPS) is 9.64. The lowest BCUT2D eigenvalue weighted by Gasteiger charge is -2.00. The summed E-state index contributed by atoms with van der Waals surface area (Å²) in [5.74, 6) is 0. The summed E-state index contributed by atoms with van der Waals surface area (Å²) in [6, 6.07) is 9.25. The highest BCUT2D eigenvalue weighted by Crippen LogP contribution is 2.00. The van der Waals surface area contributed by atoms with E-state index in [-0.39, 0.29) is 0 Å². The maximum atomic E-state index is 8.65. The van der Waals surface area contributed by atoms with E-state index in [1.54, 1.807) is 16.9 Å².